The van der Waals surface area contributed by atoms with Crippen LogP contribution in [0.1, 0.15) is 20.8 Å². The third-order valence-electron chi connectivity index (χ3n) is 3.44. The van der Waals surface area contributed by atoms with Crippen molar-refractivity contribution in [1.29, 1.82) is 0 Å². The van der Waals surface area contributed by atoms with Crippen LogP contribution in [0.2, 0.25) is 0 Å². The molecule has 0 aromatic heterocycles. The first kappa shape index (κ1) is 50.1. The Morgan fingerprint density at radius 3 is 0.951 bits per heavy atom. The van der Waals surface area contributed by atoms with Crippen molar-refractivity contribution in [3.63, 3.8) is 0 Å². The Morgan fingerprint density at radius 1 is 0.659 bits per heavy atom. The minimum absolute atomic E-state index is 0. The molecule has 0 aliphatic heterocycles. The van der Waals surface area contributed by atoms with E-state index in [1.165, 1.54) is 6.92 Å². The van der Waals surface area contributed by atoms with Crippen molar-refractivity contribution in [2.75, 3.05) is 68.6 Å². The minimum Gasteiger partial charge on any atom is -1.00 e. The smallest absolute Gasteiger partial charge is 0.333 e. The highest BCUT2D eigenvalue weighted by Gasteiger charge is 2.10. The second kappa shape index (κ2) is 27.8. The summed E-state index contributed by atoms with van der Waals surface area (Å²) in [7, 11) is 12.3. The van der Waals surface area contributed by atoms with Crippen LogP contribution in [0.15, 0.2) is 61.8 Å². The molecule has 0 fully saturated rings. The number of aliphatic carboxylic acids is 1. The number of carboxylic acids is 1. The summed E-state index contributed by atoms with van der Waals surface area (Å²) < 4.78 is 11.4. The predicted octanol–water partition coefficient (Wildman–Crippen LogP) is -2.74. The average molecular weight is 607 g/mol. The lowest BCUT2D eigenvalue weighted by atomic mass is 10.4. The van der Waals surface area contributed by atoms with Crippen LogP contribution in [-0.2, 0) is 33.4 Å². The van der Waals surface area contributed by atoms with Gasteiger partial charge in [-0.05, 0) is 38.5 Å². The number of likely N-dealkylation sites (N-methyl/N-ethyl adjacent to an activating group) is 2. The number of rotatable bonds is 11. The molecule has 0 saturated carbocycles. The van der Waals surface area contributed by atoms with Gasteiger partial charge in [0.2, 0.25) is 11.8 Å². The third-order valence-corrected chi connectivity index (χ3v) is 3.44. The topological polar surface area (TPSA) is 179 Å². The number of quaternary nitrogens is 2. The van der Waals surface area contributed by atoms with E-state index < -0.39 is 17.8 Å². The van der Waals surface area contributed by atoms with Crippen LogP contribution in [0.25, 0.3) is 0 Å². The van der Waals surface area contributed by atoms with Crippen LogP contribution < -0.4 is 29.0 Å². The second-order valence-electron chi connectivity index (χ2n) is 10.1. The molecule has 0 saturated heterocycles. The number of halogens is 1. The highest BCUT2D eigenvalue weighted by Crippen LogP contribution is 1.95. The minimum atomic E-state index is -1.19. The number of nitrogens with zero attached hydrogens (tertiary/aromatic N) is 2. The van der Waals surface area contributed by atoms with Crippen LogP contribution >= 0.6 is 0 Å². The first-order valence-corrected chi connectivity index (χ1v) is 11.8. The molecule has 2 amide bonds. The monoisotopic (exact) mass is 606 g/mol. The van der Waals surface area contributed by atoms with Crippen molar-refractivity contribution >= 4 is 29.7 Å². The van der Waals surface area contributed by atoms with Crippen molar-refractivity contribution in [2.24, 2.45) is 11.5 Å². The Balaban J connectivity index is -0.0000000983. The number of primary amides is 2. The van der Waals surface area contributed by atoms with Gasteiger partial charge in [-0.15, -0.1) is 0 Å². The number of amides is 2. The Bertz CT molecular complexity index is 815. The molecule has 0 heterocycles. The van der Waals surface area contributed by atoms with Gasteiger partial charge in [-0.3, -0.25) is 9.59 Å². The van der Waals surface area contributed by atoms with Gasteiger partial charge in [0.05, 0.1) is 48.3 Å². The van der Waals surface area contributed by atoms with Gasteiger partial charge in [0, 0.05) is 11.1 Å². The fourth-order valence-corrected chi connectivity index (χ4v) is 1.07. The van der Waals surface area contributed by atoms with Crippen LogP contribution in [0.4, 0.5) is 0 Å². The SMILES string of the molecule is C=C(C)C(=O)OCC[N+](C)(C)C.C=C(C)C(=O)OCC[N+](C)(C)C.C=C(C)C(=O)[O-].C=CC(N)=O.C=CC(N)=O.[Cl-]. The van der Waals surface area contributed by atoms with E-state index in [-0.39, 0.29) is 29.9 Å². The number of carbonyl (C=O) groups excluding carboxylic acids is 5. The quantitative estimate of drug-likeness (QED) is 0.144. The molecule has 0 aromatic rings. The number of nitrogens with two attached hydrogens (primary N) is 2. The summed E-state index contributed by atoms with van der Waals surface area (Å²) in [6, 6.07) is 0. The third kappa shape index (κ3) is 61.7. The van der Waals surface area contributed by atoms with Gasteiger partial charge in [-0.2, -0.15) is 0 Å². The maximum atomic E-state index is 10.9. The lowest BCUT2D eigenvalue weighted by molar-refractivity contribution is -0.870. The maximum absolute atomic E-state index is 10.9. The van der Waals surface area contributed by atoms with Gasteiger partial charge in [-0.25, -0.2) is 9.59 Å². The summed E-state index contributed by atoms with van der Waals surface area (Å²) in [6.07, 6.45) is 2.11. The molecule has 4 N–H and O–H groups in total. The molecule has 0 radical (unpaired) electrons. The molecule has 0 spiro atoms. The van der Waals surface area contributed by atoms with E-state index in [0.29, 0.717) is 24.4 Å². The van der Waals surface area contributed by atoms with Crippen molar-refractivity contribution < 1.29 is 59.9 Å². The van der Waals surface area contributed by atoms with Crippen LogP contribution in [0.3, 0.4) is 0 Å². The molecule has 0 aliphatic carbocycles. The van der Waals surface area contributed by atoms with E-state index in [4.69, 9.17) is 9.47 Å². The maximum Gasteiger partial charge on any atom is 0.333 e. The average Bonchev–Trinajstić information content (AvgIpc) is 2.78. The first-order chi connectivity index (χ1) is 17.8. The standard InChI is InChI=1S/2C9H18NO2.C4H6O2.2C3H5NO.ClH/c2*1-8(2)9(11)12-7-6-10(3,4)5;1-3(2)4(5)6;2*1-2-3(4)5;/h2*1,6-7H2,2-5H3;1H2,2H3,(H,5,6);2*2H,1H2,(H2,4,5);1H/q2*+1;;;;/p-2. The molecule has 0 aliphatic rings. The predicted molar refractivity (Wildman–Crippen MR) is 156 cm³/mol. The number of hydrogen-bond acceptors (Lipinski definition) is 8. The van der Waals surface area contributed by atoms with Gasteiger partial charge in [0.25, 0.3) is 0 Å². The van der Waals surface area contributed by atoms with Crippen molar-refractivity contribution in [3.05, 3.63) is 61.8 Å². The van der Waals surface area contributed by atoms with Crippen molar-refractivity contribution in [1.82, 2.24) is 0 Å². The Kier molecular flexibility index (Phi) is 34.0. The van der Waals surface area contributed by atoms with E-state index in [2.05, 4.69) is 86.6 Å². The van der Waals surface area contributed by atoms with E-state index >= 15 is 0 Å². The summed E-state index contributed by atoms with van der Waals surface area (Å²) >= 11 is 0. The van der Waals surface area contributed by atoms with E-state index in [9.17, 15) is 29.1 Å². The fourth-order valence-electron chi connectivity index (χ4n) is 1.07. The van der Waals surface area contributed by atoms with Gasteiger partial charge in [-0.1, -0.05) is 32.9 Å². The van der Waals surface area contributed by atoms with Crippen LogP contribution in [0.5, 0.6) is 0 Å². The zero-order valence-electron chi connectivity index (χ0n) is 26.2. The Labute approximate surface area is 252 Å². The van der Waals surface area contributed by atoms with Gasteiger partial charge in [0.15, 0.2) is 0 Å². The molecule has 12 nitrogen and oxygen atoms in total. The van der Waals surface area contributed by atoms with Gasteiger partial charge in [0.1, 0.15) is 26.3 Å². The van der Waals surface area contributed by atoms with Crippen molar-refractivity contribution in [3.8, 4) is 0 Å². The molecular weight excluding hydrogens is 556 g/mol. The highest BCUT2D eigenvalue weighted by molar-refractivity contribution is 5.87. The lowest BCUT2D eigenvalue weighted by Gasteiger charge is -2.23. The van der Waals surface area contributed by atoms with Gasteiger partial charge >= 0.3 is 11.9 Å². The molecule has 0 aromatic carbocycles. The zero-order chi connectivity index (χ0) is 33.3. The number of esters is 2. The van der Waals surface area contributed by atoms with Crippen molar-refractivity contribution in [2.45, 2.75) is 20.8 Å². The summed E-state index contributed by atoms with van der Waals surface area (Å²) in [6.45, 7) is 23.5. The Hall–Kier alpha value is -3.74. The zero-order valence-corrected chi connectivity index (χ0v) is 27.0. The molecule has 0 atom stereocenters. The van der Waals surface area contributed by atoms with Crippen LogP contribution in [0, 0.1) is 0 Å². The number of hydrogen-bond donors (Lipinski definition) is 2. The summed E-state index contributed by atoms with van der Waals surface area (Å²) in [4.78, 5) is 50.2. The van der Waals surface area contributed by atoms with E-state index in [1.54, 1.807) is 13.8 Å². The number of carboxylic acid groups (broad SMARTS) is 1. The number of ether oxygens (including phenoxy) is 2. The highest BCUT2D eigenvalue weighted by atomic mass is 35.5. The Morgan fingerprint density at radius 2 is 0.854 bits per heavy atom. The van der Waals surface area contributed by atoms with E-state index in [1.807, 2.05) is 0 Å². The number of carbonyl (C=O) groups is 5. The first-order valence-electron chi connectivity index (χ1n) is 11.8. The lowest BCUT2D eigenvalue weighted by Crippen LogP contribution is -3.00. The van der Waals surface area contributed by atoms with E-state index in [0.717, 1.165) is 34.2 Å². The summed E-state index contributed by atoms with van der Waals surface area (Å²) in [5, 5.41) is 9.49. The molecule has 41 heavy (non-hydrogen) atoms. The molecule has 0 unspecified atom stereocenters. The molecule has 0 rings (SSSR count). The largest absolute Gasteiger partial charge is 1.00 e. The molecular formula is C28H51ClN4O8. The second-order valence-corrected chi connectivity index (χ2v) is 10.1. The molecule has 238 valence electrons. The normalized spacial score (nSPS) is 9.10. The molecule has 13 heteroatoms. The van der Waals surface area contributed by atoms with Crippen LogP contribution in [-0.4, -0.2) is 107 Å². The fraction of sp³-hybridized carbons (Fsp3) is 0.464. The van der Waals surface area contributed by atoms with Gasteiger partial charge < -0.3 is 52.2 Å². The molecule has 0 bridgehead atoms. The summed E-state index contributed by atoms with van der Waals surface area (Å²) in [5.41, 5.74) is 10.0. The summed E-state index contributed by atoms with van der Waals surface area (Å²) in [5.74, 6) is -2.75.